The maximum atomic E-state index is 5.40. The van der Waals surface area contributed by atoms with E-state index in [-0.39, 0.29) is 0 Å². The van der Waals surface area contributed by atoms with Crippen molar-refractivity contribution in [1.29, 1.82) is 0 Å². The molecule has 2 heterocycles. The highest BCUT2D eigenvalue weighted by molar-refractivity contribution is 5.29. The highest BCUT2D eigenvalue weighted by atomic mass is 16.5. The third-order valence-corrected chi connectivity index (χ3v) is 3.41. The summed E-state index contributed by atoms with van der Waals surface area (Å²) in [6.07, 6.45) is 4.27. The third-order valence-electron chi connectivity index (χ3n) is 3.41. The fourth-order valence-electron chi connectivity index (χ4n) is 2.43. The van der Waals surface area contributed by atoms with Crippen LogP contribution >= 0.6 is 0 Å². The van der Waals surface area contributed by atoms with Crippen LogP contribution in [0.3, 0.4) is 0 Å². The van der Waals surface area contributed by atoms with E-state index in [2.05, 4.69) is 28.9 Å². The summed E-state index contributed by atoms with van der Waals surface area (Å²) in [7, 11) is 1.72. The number of methoxy groups -OCH3 is 1. The Labute approximate surface area is 97.0 Å². The van der Waals surface area contributed by atoms with Crippen molar-refractivity contribution in [2.45, 2.75) is 45.2 Å². The number of hydrogen-bond acceptors (Lipinski definition) is 3. The van der Waals surface area contributed by atoms with Gasteiger partial charge in [-0.15, -0.1) is 0 Å². The van der Waals surface area contributed by atoms with Crippen molar-refractivity contribution >= 4 is 0 Å². The van der Waals surface area contributed by atoms with Gasteiger partial charge in [-0.05, 0) is 26.7 Å². The summed E-state index contributed by atoms with van der Waals surface area (Å²) in [6, 6.07) is 0.639. The molecule has 2 rings (SSSR count). The second-order valence-corrected chi connectivity index (χ2v) is 4.50. The smallest absolute Gasteiger partial charge is 0.160 e. The first kappa shape index (κ1) is 11.5. The molecule has 0 aromatic carbocycles. The number of hydrogen-bond donors (Lipinski definition) is 1. The van der Waals surface area contributed by atoms with E-state index in [0.29, 0.717) is 12.0 Å². The van der Waals surface area contributed by atoms with Crippen molar-refractivity contribution in [3.63, 3.8) is 0 Å². The van der Waals surface area contributed by atoms with Crippen LogP contribution in [-0.4, -0.2) is 29.5 Å². The van der Waals surface area contributed by atoms with Crippen LogP contribution in [0, 0.1) is 0 Å². The zero-order valence-electron chi connectivity index (χ0n) is 10.4. The van der Waals surface area contributed by atoms with E-state index in [1.807, 2.05) is 6.20 Å². The van der Waals surface area contributed by atoms with Gasteiger partial charge in [0.25, 0.3) is 0 Å². The molecule has 0 spiro atoms. The van der Waals surface area contributed by atoms with Crippen molar-refractivity contribution in [3.8, 4) is 5.75 Å². The van der Waals surface area contributed by atoms with Crippen LogP contribution in [0.1, 0.15) is 38.3 Å². The third kappa shape index (κ3) is 2.07. The van der Waals surface area contributed by atoms with Crippen molar-refractivity contribution in [3.05, 3.63) is 11.9 Å². The Hall–Kier alpha value is -1.03. The molecule has 1 saturated heterocycles. The van der Waals surface area contributed by atoms with Crippen molar-refractivity contribution < 1.29 is 4.74 Å². The topological polar surface area (TPSA) is 39.1 Å². The second kappa shape index (κ2) is 4.87. The van der Waals surface area contributed by atoms with Crippen LogP contribution in [-0.2, 0) is 6.54 Å². The standard InChI is InChI=1S/C12H21N3O/c1-4-15-12(11(16-3)8-14-15)10-6-5-9(2)13-7-10/h8-10,13H,4-7H2,1-3H3. The van der Waals surface area contributed by atoms with E-state index in [4.69, 9.17) is 4.74 Å². The largest absolute Gasteiger partial charge is 0.493 e. The fraction of sp³-hybridized carbons (Fsp3) is 0.750. The highest BCUT2D eigenvalue weighted by Crippen LogP contribution is 2.31. The highest BCUT2D eigenvalue weighted by Gasteiger charge is 2.25. The number of ether oxygens (including phenoxy) is 1. The van der Waals surface area contributed by atoms with Crippen LogP contribution in [0.5, 0.6) is 5.75 Å². The zero-order chi connectivity index (χ0) is 11.5. The number of nitrogens with zero attached hydrogens (tertiary/aromatic N) is 2. The van der Waals surface area contributed by atoms with E-state index < -0.39 is 0 Å². The molecule has 4 nitrogen and oxygen atoms in total. The number of piperidine rings is 1. The summed E-state index contributed by atoms with van der Waals surface area (Å²) in [5.74, 6) is 1.47. The Kier molecular flexibility index (Phi) is 3.49. The van der Waals surface area contributed by atoms with Crippen molar-refractivity contribution in [2.24, 2.45) is 0 Å². The molecular formula is C12H21N3O. The van der Waals surface area contributed by atoms with Gasteiger partial charge in [0.15, 0.2) is 5.75 Å². The summed E-state index contributed by atoms with van der Waals surface area (Å²) in [5.41, 5.74) is 1.25. The monoisotopic (exact) mass is 223 g/mol. The molecule has 0 radical (unpaired) electrons. The summed E-state index contributed by atoms with van der Waals surface area (Å²) in [5, 5.41) is 7.89. The SMILES string of the molecule is CCn1ncc(OC)c1C1CCC(C)NC1. The number of rotatable bonds is 3. The number of aryl methyl sites for hydroxylation is 1. The van der Waals surface area contributed by atoms with Crippen LogP contribution in [0.25, 0.3) is 0 Å². The van der Waals surface area contributed by atoms with Crippen LogP contribution in [0.4, 0.5) is 0 Å². The lowest BCUT2D eigenvalue weighted by atomic mass is 9.92. The summed E-state index contributed by atoms with van der Waals surface area (Å²) >= 11 is 0. The molecule has 90 valence electrons. The molecule has 1 N–H and O–H groups in total. The molecule has 1 aliphatic heterocycles. The van der Waals surface area contributed by atoms with Gasteiger partial charge in [-0.3, -0.25) is 4.68 Å². The normalized spacial score (nSPS) is 25.7. The molecule has 16 heavy (non-hydrogen) atoms. The average Bonchev–Trinajstić information content (AvgIpc) is 2.73. The van der Waals surface area contributed by atoms with Gasteiger partial charge in [0.2, 0.25) is 0 Å². The van der Waals surface area contributed by atoms with Crippen LogP contribution in [0.2, 0.25) is 0 Å². The molecule has 0 saturated carbocycles. The van der Waals surface area contributed by atoms with E-state index >= 15 is 0 Å². The van der Waals surface area contributed by atoms with Gasteiger partial charge in [0, 0.05) is 25.0 Å². The minimum absolute atomic E-state index is 0.536. The Morgan fingerprint density at radius 3 is 2.94 bits per heavy atom. The number of aromatic nitrogens is 2. The first-order valence-corrected chi connectivity index (χ1v) is 6.09. The first-order chi connectivity index (χ1) is 7.76. The first-order valence-electron chi connectivity index (χ1n) is 6.09. The zero-order valence-corrected chi connectivity index (χ0v) is 10.4. The molecule has 0 amide bonds. The molecule has 0 bridgehead atoms. The molecule has 1 aromatic heterocycles. The lowest BCUT2D eigenvalue weighted by Crippen LogP contribution is -2.36. The summed E-state index contributed by atoms with van der Waals surface area (Å²) < 4.78 is 7.45. The predicted octanol–water partition coefficient (Wildman–Crippen LogP) is 1.77. The molecule has 2 atom stereocenters. The Morgan fingerprint density at radius 2 is 2.38 bits per heavy atom. The average molecular weight is 223 g/mol. The van der Waals surface area contributed by atoms with E-state index in [1.165, 1.54) is 18.5 Å². The van der Waals surface area contributed by atoms with Crippen LogP contribution < -0.4 is 10.1 Å². The van der Waals surface area contributed by atoms with E-state index in [1.54, 1.807) is 7.11 Å². The van der Waals surface area contributed by atoms with Gasteiger partial charge in [-0.2, -0.15) is 5.10 Å². The molecule has 4 heteroatoms. The number of nitrogens with one attached hydrogen (secondary N) is 1. The molecule has 1 fully saturated rings. The Morgan fingerprint density at radius 1 is 1.56 bits per heavy atom. The van der Waals surface area contributed by atoms with E-state index in [0.717, 1.165) is 18.8 Å². The van der Waals surface area contributed by atoms with Gasteiger partial charge in [-0.25, -0.2) is 0 Å². The quantitative estimate of drug-likeness (QED) is 0.848. The maximum absolute atomic E-state index is 5.40. The Balaban J connectivity index is 2.21. The van der Waals surface area contributed by atoms with Crippen molar-refractivity contribution in [2.75, 3.05) is 13.7 Å². The van der Waals surface area contributed by atoms with Crippen molar-refractivity contribution in [1.82, 2.24) is 15.1 Å². The summed E-state index contributed by atoms with van der Waals surface area (Å²) in [6.45, 7) is 6.30. The minimum atomic E-state index is 0.536. The lowest BCUT2D eigenvalue weighted by Gasteiger charge is -2.28. The summed E-state index contributed by atoms with van der Waals surface area (Å²) in [4.78, 5) is 0. The molecule has 0 aliphatic carbocycles. The van der Waals surface area contributed by atoms with Crippen LogP contribution in [0.15, 0.2) is 6.20 Å². The molecule has 1 aromatic rings. The minimum Gasteiger partial charge on any atom is -0.493 e. The molecule has 2 unspecified atom stereocenters. The lowest BCUT2D eigenvalue weighted by molar-refractivity contribution is 0.351. The molecule has 1 aliphatic rings. The molecular weight excluding hydrogens is 202 g/mol. The maximum Gasteiger partial charge on any atom is 0.160 e. The fourth-order valence-corrected chi connectivity index (χ4v) is 2.43. The van der Waals surface area contributed by atoms with Gasteiger partial charge in [0.05, 0.1) is 19.0 Å². The van der Waals surface area contributed by atoms with Gasteiger partial charge >= 0.3 is 0 Å². The van der Waals surface area contributed by atoms with Gasteiger partial charge < -0.3 is 10.1 Å². The van der Waals surface area contributed by atoms with Gasteiger partial charge in [-0.1, -0.05) is 0 Å². The van der Waals surface area contributed by atoms with Gasteiger partial charge in [0.1, 0.15) is 0 Å². The predicted molar refractivity (Wildman–Crippen MR) is 63.9 cm³/mol. The van der Waals surface area contributed by atoms with E-state index in [9.17, 15) is 0 Å². The Bertz CT molecular complexity index is 319. The second-order valence-electron chi connectivity index (χ2n) is 4.50.